The Balaban J connectivity index is 2.07. The highest BCUT2D eigenvalue weighted by molar-refractivity contribution is 5.66. The Labute approximate surface area is 83.8 Å². The first-order valence-corrected chi connectivity index (χ1v) is 4.97. The molecule has 2 rings (SSSR count). The second-order valence-corrected chi connectivity index (χ2v) is 3.94. The van der Waals surface area contributed by atoms with Crippen LogP contribution in [0.1, 0.15) is 19.8 Å². The minimum Gasteiger partial charge on any atom is -0.461 e. The van der Waals surface area contributed by atoms with E-state index in [1.165, 1.54) is 6.92 Å². The van der Waals surface area contributed by atoms with Gasteiger partial charge in [-0.15, -0.1) is 6.42 Å². The molecular formula is C11H14O3. The standard InChI is InChI=1S/C11H14O3/c1-3-8-9-4-5-13-10(9)6-11(8)14-7(2)12/h1,8-11H,4-6H2,2H3/t8-,9-,10+,11-/m1/s1. The van der Waals surface area contributed by atoms with Gasteiger partial charge in [0.25, 0.3) is 0 Å². The van der Waals surface area contributed by atoms with Gasteiger partial charge in [0.1, 0.15) is 6.10 Å². The number of ether oxygens (including phenoxy) is 2. The van der Waals surface area contributed by atoms with E-state index in [0.29, 0.717) is 5.92 Å². The van der Waals surface area contributed by atoms with E-state index in [1.54, 1.807) is 0 Å². The van der Waals surface area contributed by atoms with Crippen molar-refractivity contribution in [3.63, 3.8) is 0 Å². The molecule has 1 saturated carbocycles. The van der Waals surface area contributed by atoms with Crippen LogP contribution in [0, 0.1) is 24.2 Å². The number of fused-ring (bicyclic) bond motifs is 1. The van der Waals surface area contributed by atoms with Crippen molar-refractivity contribution in [1.29, 1.82) is 0 Å². The number of terminal acetylenes is 1. The second kappa shape index (κ2) is 3.62. The highest BCUT2D eigenvalue weighted by Crippen LogP contribution is 2.41. The lowest BCUT2D eigenvalue weighted by atomic mass is 9.93. The molecule has 0 spiro atoms. The molecule has 4 atom stereocenters. The van der Waals surface area contributed by atoms with Crippen LogP contribution in [-0.4, -0.2) is 24.8 Å². The molecule has 0 unspecified atom stereocenters. The summed E-state index contributed by atoms with van der Waals surface area (Å²) in [5, 5.41) is 0. The maximum absolute atomic E-state index is 10.8. The van der Waals surface area contributed by atoms with Crippen molar-refractivity contribution in [3.8, 4) is 12.3 Å². The molecule has 1 saturated heterocycles. The summed E-state index contributed by atoms with van der Waals surface area (Å²) < 4.78 is 10.7. The van der Waals surface area contributed by atoms with Gasteiger partial charge in [0.2, 0.25) is 0 Å². The predicted molar refractivity (Wildman–Crippen MR) is 50.3 cm³/mol. The Morgan fingerprint density at radius 3 is 3.07 bits per heavy atom. The zero-order valence-electron chi connectivity index (χ0n) is 8.23. The number of carbonyl (C=O) groups excluding carboxylic acids is 1. The summed E-state index contributed by atoms with van der Waals surface area (Å²) in [7, 11) is 0. The molecule has 0 amide bonds. The zero-order valence-corrected chi connectivity index (χ0v) is 8.23. The maximum atomic E-state index is 10.8. The molecule has 1 aliphatic carbocycles. The van der Waals surface area contributed by atoms with E-state index in [0.717, 1.165) is 19.4 Å². The smallest absolute Gasteiger partial charge is 0.302 e. The molecule has 0 N–H and O–H groups in total. The van der Waals surface area contributed by atoms with E-state index >= 15 is 0 Å². The first-order chi connectivity index (χ1) is 6.72. The van der Waals surface area contributed by atoms with E-state index < -0.39 is 0 Å². The fourth-order valence-electron chi connectivity index (χ4n) is 2.54. The number of carbonyl (C=O) groups is 1. The van der Waals surface area contributed by atoms with Gasteiger partial charge in [-0.2, -0.15) is 0 Å². The lowest BCUT2D eigenvalue weighted by Gasteiger charge is -2.17. The van der Waals surface area contributed by atoms with E-state index in [1.807, 2.05) is 0 Å². The summed E-state index contributed by atoms with van der Waals surface area (Å²) in [6.07, 6.45) is 7.30. The number of rotatable bonds is 1. The third-order valence-corrected chi connectivity index (χ3v) is 3.10. The quantitative estimate of drug-likeness (QED) is 0.461. The predicted octanol–water partition coefficient (Wildman–Crippen LogP) is 0.976. The average Bonchev–Trinajstić information content (AvgIpc) is 2.62. The average molecular weight is 194 g/mol. The zero-order chi connectivity index (χ0) is 10.1. The normalized spacial score (nSPS) is 40.3. The summed E-state index contributed by atoms with van der Waals surface area (Å²) in [6.45, 7) is 2.21. The third kappa shape index (κ3) is 1.51. The van der Waals surface area contributed by atoms with Gasteiger partial charge < -0.3 is 9.47 Å². The summed E-state index contributed by atoms with van der Waals surface area (Å²) in [5.41, 5.74) is 0. The van der Waals surface area contributed by atoms with Crippen LogP contribution in [0.5, 0.6) is 0 Å². The maximum Gasteiger partial charge on any atom is 0.302 e. The lowest BCUT2D eigenvalue weighted by Crippen LogP contribution is -2.23. The van der Waals surface area contributed by atoms with E-state index in [2.05, 4.69) is 5.92 Å². The Hall–Kier alpha value is -1.01. The van der Waals surface area contributed by atoms with Crippen molar-refractivity contribution in [3.05, 3.63) is 0 Å². The van der Waals surface area contributed by atoms with Crippen molar-refractivity contribution >= 4 is 5.97 Å². The molecule has 3 heteroatoms. The van der Waals surface area contributed by atoms with Crippen molar-refractivity contribution in [2.24, 2.45) is 11.8 Å². The van der Waals surface area contributed by atoms with Crippen LogP contribution in [0.15, 0.2) is 0 Å². The van der Waals surface area contributed by atoms with Gasteiger partial charge in [0.05, 0.1) is 12.0 Å². The molecule has 3 nitrogen and oxygen atoms in total. The van der Waals surface area contributed by atoms with Gasteiger partial charge in [-0.25, -0.2) is 0 Å². The molecule has 0 aromatic rings. The summed E-state index contributed by atoms with van der Waals surface area (Å²) in [4.78, 5) is 10.8. The van der Waals surface area contributed by atoms with Crippen LogP contribution in [0.4, 0.5) is 0 Å². The molecule has 0 aromatic heterocycles. The number of hydrogen-bond donors (Lipinski definition) is 0. The highest BCUT2D eigenvalue weighted by Gasteiger charge is 2.47. The molecule has 0 radical (unpaired) electrons. The van der Waals surface area contributed by atoms with Crippen LogP contribution < -0.4 is 0 Å². The van der Waals surface area contributed by atoms with Crippen LogP contribution in [-0.2, 0) is 14.3 Å². The van der Waals surface area contributed by atoms with Crippen molar-refractivity contribution < 1.29 is 14.3 Å². The molecule has 0 aromatic carbocycles. The highest BCUT2D eigenvalue weighted by atomic mass is 16.5. The van der Waals surface area contributed by atoms with Gasteiger partial charge >= 0.3 is 5.97 Å². The molecule has 1 heterocycles. The van der Waals surface area contributed by atoms with Gasteiger partial charge in [-0.3, -0.25) is 4.79 Å². The molecule has 0 bridgehead atoms. The Kier molecular flexibility index (Phi) is 2.47. The minimum absolute atomic E-state index is 0.0476. The van der Waals surface area contributed by atoms with Crippen LogP contribution >= 0.6 is 0 Å². The van der Waals surface area contributed by atoms with Gasteiger partial charge in [0.15, 0.2) is 0 Å². The van der Waals surface area contributed by atoms with Gasteiger partial charge in [-0.05, 0) is 6.42 Å². The first kappa shape index (κ1) is 9.54. The van der Waals surface area contributed by atoms with Crippen LogP contribution in [0.2, 0.25) is 0 Å². The molecule has 2 aliphatic rings. The van der Waals surface area contributed by atoms with Crippen molar-refractivity contribution in [2.75, 3.05) is 6.61 Å². The molecule has 1 aliphatic heterocycles. The van der Waals surface area contributed by atoms with E-state index in [-0.39, 0.29) is 24.1 Å². The van der Waals surface area contributed by atoms with Crippen LogP contribution in [0.3, 0.4) is 0 Å². The van der Waals surface area contributed by atoms with Crippen molar-refractivity contribution in [2.45, 2.75) is 32.0 Å². The third-order valence-electron chi connectivity index (χ3n) is 3.10. The largest absolute Gasteiger partial charge is 0.461 e. The van der Waals surface area contributed by atoms with Crippen molar-refractivity contribution in [1.82, 2.24) is 0 Å². The second-order valence-electron chi connectivity index (χ2n) is 3.94. The molecular weight excluding hydrogens is 180 g/mol. The fourth-order valence-corrected chi connectivity index (χ4v) is 2.54. The number of esters is 1. The van der Waals surface area contributed by atoms with Gasteiger partial charge in [-0.1, -0.05) is 5.92 Å². The minimum atomic E-state index is -0.254. The monoisotopic (exact) mass is 194 g/mol. The summed E-state index contributed by atoms with van der Waals surface area (Å²) in [6, 6.07) is 0. The number of hydrogen-bond acceptors (Lipinski definition) is 3. The lowest BCUT2D eigenvalue weighted by molar-refractivity contribution is -0.147. The summed E-state index contributed by atoms with van der Waals surface area (Å²) >= 11 is 0. The Morgan fingerprint density at radius 1 is 1.64 bits per heavy atom. The SMILES string of the molecule is C#C[C@@H]1[C@H]2CCO[C@H]2C[C@H]1OC(C)=O. The first-order valence-electron chi connectivity index (χ1n) is 4.97. The molecule has 76 valence electrons. The fraction of sp³-hybridized carbons (Fsp3) is 0.727. The Morgan fingerprint density at radius 2 is 2.43 bits per heavy atom. The van der Waals surface area contributed by atoms with E-state index in [4.69, 9.17) is 15.9 Å². The summed E-state index contributed by atoms with van der Waals surface area (Å²) in [5.74, 6) is 2.92. The Bertz CT molecular complexity index is 279. The molecule has 2 fully saturated rings. The van der Waals surface area contributed by atoms with Crippen LogP contribution in [0.25, 0.3) is 0 Å². The molecule has 14 heavy (non-hydrogen) atoms. The topological polar surface area (TPSA) is 35.5 Å². The van der Waals surface area contributed by atoms with Gasteiger partial charge in [0, 0.05) is 25.9 Å². The van der Waals surface area contributed by atoms with E-state index in [9.17, 15) is 4.79 Å².